The Morgan fingerprint density at radius 1 is 1.07 bits per heavy atom. The highest BCUT2D eigenvalue weighted by atomic mass is 32.2. The average Bonchev–Trinajstić information content (AvgIpc) is 2.66. The van der Waals surface area contributed by atoms with Crippen LogP contribution in [0.2, 0.25) is 0 Å². The highest BCUT2D eigenvalue weighted by molar-refractivity contribution is 7.90. The molecule has 0 heterocycles. The molecule has 1 N–H and O–H groups in total. The highest BCUT2D eigenvalue weighted by Gasteiger charge is 2.21. The topological polar surface area (TPSA) is 79.0 Å². The molecule has 0 saturated carbocycles. The summed E-state index contributed by atoms with van der Waals surface area (Å²) in [5, 5.41) is 2.88. The fourth-order valence-electron chi connectivity index (χ4n) is 2.48. The van der Waals surface area contributed by atoms with Gasteiger partial charge in [0.15, 0.2) is 0 Å². The monoisotopic (exact) mass is 405 g/mol. The van der Waals surface area contributed by atoms with Crippen molar-refractivity contribution in [2.24, 2.45) is 0 Å². The molecule has 0 aromatic heterocycles. The summed E-state index contributed by atoms with van der Waals surface area (Å²) in [6, 6.07) is 13.9. The molecule has 28 heavy (non-hydrogen) atoms. The van der Waals surface area contributed by atoms with Crippen LogP contribution in [0.15, 0.2) is 48.5 Å². The number of nitrogens with one attached hydrogen (secondary N) is 1. The summed E-state index contributed by atoms with van der Waals surface area (Å²) in [7, 11) is 0.831. The minimum absolute atomic E-state index is 0.191. The molecule has 0 fully saturated rings. The van der Waals surface area contributed by atoms with Gasteiger partial charge in [0, 0.05) is 26.7 Å². The number of carbonyl (C=O) groups excluding carboxylic acids is 1. The zero-order chi connectivity index (χ0) is 20.9. The largest absolute Gasteiger partial charge is 0.491 e. The predicted octanol–water partition coefficient (Wildman–Crippen LogP) is 2.43. The first kappa shape index (κ1) is 21.7. The number of carbonyl (C=O) groups is 1. The number of hydrogen-bond acceptors (Lipinski definition) is 4. The van der Waals surface area contributed by atoms with Crippen molar-refractivity contribution in [3.63, 3.8) is 0 Å². The summed E-state index contributed by atoms with van der Waals surface area (Å²) in [5.74, 6) is 0.545. The van der Waals surface area contributed by atoms with E-state index in [2.05, 4.69) is 5.32 Å². The summed E-state index contributed by atoms with van der Waals surface area (Å²) in [6.45, 7) is 4.17. The second-order valence-corrected chi connectivity index (χ2v) is 8.93. The van der Waals surface area contributed by atoms with Gasteiger partial charge in [-0.25, -0.2) is 0 Å². The smallest absolute Gasteiger partial charge is 0.303 e. The van der Waals surface area contributed by atoms with Gasteiger partial charge in [-0.3, -0.25) is 9.10 Å². The summed E-state index contributed by atoms with van der Waals surface area (Å²) in [6.07, 6.45) is 0. The van der Waals surface area contributed by atoms with Crippen LogP contribution >= 0.6 is 0 Å². The minimum Gasteiger partial charge on any atom is -0.491 e. The lowest BCUT2D eigenvalue weighted by Gasteiger charge is -2.23. The number of rotatable bonds is 8. The Labute approximate surface area is 167 Å². The summed E-state index contributed by atoms with van der Waals surface area (Å²) < 4.78 is 32.4. The number of nitrogens with zero attached hydrogens (tertiary/aromatic N) is 2. The van der Waals surface area contributed by atoms with Crippen molar-refractivity contribution in [2.45, 2.75) is 19.9 Å². The van der Waals surface area contributed by atoms with E-state index in [4.69, 9.17) is 4.74 Å². The van der Waals surface area contributed by atoms with E-state index in [-0.39, 0.29) is 11.9 Å². The van der Waals surface area contributed by atoms with Gasteiger partial charge >= 0.3 is 10.2 Å². The number of amides is 1. The van der Waals surface area contributed by atoms with Crippen molar-refractivity contribution in [1.82, 2.24) is 9.62 Å². The van der Waals surface area contributed by atoms with Crippen LogP contribution in [0.3, 0.4) is 0 Å². The van der Waals surface area contributed by atoms with E-state index >= 15 is 0 Å². The third-order valence-corrected chi connectivity index (χ3v) is 6.09. The SMILES string of the molecule is Cc1ccccc1OC[C@H](C)NC(=O)c1ccc(N(C)S(=O)(=O)N(C)C)cc1. The molecule has 0 spiro atoms. The van der Waals surface area contributed by atoms with Gasteiger partial charge in [0.25, 0.3) is 5.91 Å². The first-order valence-electron chi connectivity index (χ1n) is 8.88. The molecule has 0 radical (unpaired) electrons. The van der Waals surface area contributed by atoms with E-state index in [1.54, 1.807) is 24.3 Å². The second-order valence-electron chi connectivity index (χ2n) is 6.76. The third-order valence-electron chi connectivity index (χ3n) is 4.26. The Kier molecular flexibility index (Phi) is 7.04. The molecular weight excluding hydrogens is 378 g/mol. The quantitative estimate of drug-likeness (QED) is 0.732. The van der Waals surface area contributed by atoms with Crippen molar-refractivity contribution in [3.8, 4) is 5.75 Å². The Morgan fingerprint density at radius 3 is 2.25 bits per heavy atom. The first-order valence-corrected chi connectivity index (χ1v) is 10.3. The molecule has 7 nitrogen and oxygen atoms in total. The van der Waals surface area contributed by atoms with Crippen LogP contribution in [0.1, 0.15) is 22.8 Å². The fourth-order valence-corrected chi connectivity index (χ4v) is 3.36. The molecule has 2 aromatic carbocycles. The Hall–Kier alpha value is -2.58. The summed E-state index contributed by atoms with van der Waals surface area (Å²) in [4.78, 5) is 12.4. The molecule has 1 atom stereocenters. The lowest BCUT2D eigenvalue weighted by atomic mass is 10.2. The summed E-state index contributed by atoms with van der Waals surface area (Å²) in [5.41, 5.74) is 1.96. The normalized spacial score (nSPS) is 12.5. The Balaban J connectivity index is 1.96. The molecule has 0 aliphatic carbocycles. The van der Waals surface area contributed by atoms with Gasteiger partial charge in [0.2, 0.25) is 0 Å². The van der Waals surface area contributed by atoms with Crippen LogP contribution in [0, 0.1) is 6.92 Å². The van der Waals surface area contributed by atoms with E-state index in [9.17, 15) is 13.2 Å². The maximum Gasteiger partial charge on any atom is 0.303 e. The molecule has 2 aromatic rings. The molecule has 0 unspecified atom stereocenters. The lowest BCUT2D eigenvalue weighted by Crippen LogP contribution is -2.38. The lowest BCUT2D eigenvalue weighted by molar-refractivity contribution is 0.0926. The summed E-state index contributed by atoms with van der Waals surface area (Å²) >= 11 is 0. The molecule has 152 valence electrons. The standard InChI is InChI=1S/C20H27N3O4S/c1-15-8-6-7-9-19(15)27-14-16(2)21-20(24)17-10-12-18(13-11-17)23(5)28(25,26)22(3)4/h6-13,16H,14H2,1-5H3,(H,21,24)/t16-/m0/s1. The molecule has 8 heteroatoms. The van der Waals surface area contributed by atoms with Gasteiger partial charge in [-0.1, -0.05) is 18.2 Å². The number of hydrogen-bond donors (Lipinski definition) is 1. The number of benzene rings is 2. The molecule has 0 bridgehead atoms. The molecule has 0 aliphatic heterocycles. The first-order chi connectivity index (χ1) is 13.1. The average molecular weight is 406 g/mol. The van der Waals surface area contributed by atoms with Crippen molar-refractivity contribution in [1.29, 1.82) is 0 Å². The van der Waals surface area contributed by atoms with Gasteiger partial charge in [0.05, 0.1) is 11.7 Å². The van der Waals surface area contributed by atoms with E-state index in [1.807, 2.05) is 38.1 Å². The van der Waals surface area contributed by atoms with Crippen molar-refractivity contribution >= 4 is 21.8 Å². The van der Waals surface area contributed by atoms with Crippen LogP contribution in [0.25, 0.3) is 0 Å². The Morgan fingerprint density at radius 2 is 1.68 bits per heavy atom. The van der Waals surface area contributed by atoms with Gasteiger partial charge in [-0.2, -0.15) is 12.7 Å². The minimum atomic E-state index is -3.57. The molecule has 2 rings (SSSR count). The maximum absolute atomic E-state index is 12.4. The zero-order valence-corrected chi connectivity index (χ0v) is 17.7. The second kappa shape index (κ2) is 9.07. The number of ether oxygens (including phenoxy) is 1. The molecular formula is C20H27N3O4S. The van der Waals surface area contributed by atoms with Crippen LogP contribution < -0.4 is 14.4 Å². The molecule has 0 aliphatic rings. The van der Waals surface area contributed by atoms with E-state index in [0.29, 0.717) is 17.9 Å². The van der Waals surface area contributed by atoms with Crippen molar-refractivity contribution < 1.29 is 17.9 Å². The van der Waals surface area contributed by atoms with Crippen LogP contribution in [-0.4, -0.2) is 52.4 Å². The van der Waals surface area contributed by atoms with Crippen LogP contribution in [-0.2, 0) is 10.2 Å². The van der Waals surface area contributed by atoms with Gasteiger partial charge in [-0.05, 0) is 49.7 Å². The maximum atomic E-state index is 12.4. The number of aryl methyl sites for hydroxylation is 1. The van der Waals surface area contributed by atoms with Crippen molar-refractivity contribution in [3.05, 3.63) is 59.7 Å². The van der Waals surface area contributed by atoms with Crippen molar-refractivity contribution in [2.75, 3.05) is 32.1 Å². The number of anilines is 1. The van der Waals surface area contributed by atoms with Gasteiger partial charge in [-0.15, -0.1) is 0 Å². The Bertz CT molecular complexity index is 911. The van der Waals surface area contributed by atoms with Gasteiger partial charge in [0.1, 0.15) is 12.4 Å². The molecule has 1 amide bonds. The van der Waals surface area contributed by atoms with Gasteiger partial charge < -0.3 is 10.1 Å². The fraction of sp³-hybridized carbons (Fsp3) is 0.350. The number of para-hydroxylation sites is 1. The van der Waals surface area contributed by atoms with E-state index in [1.165, 1.54) is 21.1 Å². The molecule has 0 saturated heterocycles. The van der Waals surface area contributed by atoms with E-state index in [0.717, 1.165) is 19.9 Å². The van der Waals surface area contributed by atoms with Crippen LogP contribution in [0.5, 0.6) is 5.75 Å². The predicted molar refractivity (Wildman–Crippen MR) is 111 cm³/mol. The third kappa shape index (κ3) is 5.24. The zero-order valence-electron chi connectivity index (χ0n) is 16.8. The van der Waals surface area contributed by atoms with Crippen LogP contribution in [0.4, 0.5) is 5.69 Å². The van der Waals surface area contributed by atoms with E-state index < -0.39 is 10.2 Å². The highest BCUT2D eigenvalue weighted by Crippen LogP contribution is 2.19.